The number of hydrogen-bond acceptors (Lipinski definition) is 3. The van der Waals surface area contributed by atoms with Crippen molar-refractivity contribution >= 4 is 63.0 Å². The summed E-state index contributed by atoms with van der Waals surface area (Å²) in [6, 6.07) is 25.7. The second-order valence-electron chi connectivity index (χ2n) is 8.50. The van der Waals surface area contributed by atoms with Crippen molar-refractivity contribution in [1.29, 1.82) is 0 Å². The van der Waals surface area contributed by atoms with Crippen molar-refractivity contribution in [3.8, 4) is 0 Å². The zero-order chi connectivity index (χ0) is 21.3. The molecular weight excluding hydrogens is 416 g/mol. The molecule has 0 bridgehead atoms. The van der Waals surface area contributed by atoms with Crippen molar-refractivity contribution in [3.05, 3.63) is 95.1 Å². The molecule has 0 amide bonds. The smallest absolute Gasteiger partial charge is 0.112 e. The highest BCUT2D eigenvalue weighted by Crippen LogP contribution is 2.44. The average molecular weight is 439 g/mol. The van der Waals surface area contributed by atoms with Gasteiger partial charge in [-0.2, -0.15) is 0 Å². The van der Waals surface area contributed by atoms with Gasteiger partial charge in [-0.15, -0.1) is 22.7 Å². The lowest BCUT2D eigenvalue weighted by Crippen LogP contribution is -2.25. The van der Waals surface area contributed by atoms with Crippen molar-refractivity contribution in [3.63, 3.8) is 0 Å². The molecule has 0 radical (unpaired) electrons. The quantitative estimate of drug-likeness (QED) is 0.288. The van der Waals surface area contributed by atoms with E-state index in [1.54, 1.807) is 0 Å². The number of fused-ring (bicyclic) bond motifs is 6. The third kappa shape index (κ3) is 2.64. The van der Waals surface area contributed by atoms with Gasteiger partial charge >= 0.3 is 0 Å². The molecule has 3 heteroatoms. The number of benzene rings is 4. The Morgan fingerprint density at radius 3 is 1.45 bits per heavy atom. The highest BCUT2D eigenvalue weighted by atomic mass is 32.1. The molecule has 0 fully saturated rings. The predicted octanol–water partition coefficient (Wildman–Crippen LogP) is 8.30. The normalized spacial score (nSPS) is 12.5. The molecule has 152 valence electrons. The Kier molecular flexibility index (Phi) is 4.07. The highest BCUT2D eigenvalue weighted by molar-refractivity contribution is 7.26. The van der Waals surface area contributed by atoms with Crippen LogP contribution in [-0.4, -0.2) is 5.11 Å². The Bertz CT molecular complexity index is 1510. The molecule has 0 atom stereocenters. The van der Waals surface area contributed by atoms with Gasteiger partial charge in [0.2, 0.25) is 0 Å². The molecule has 6 rings (SSSR count). The summed E-state index contributed by atoms with van der Waals surface area (Å²) >= 11 is 3.63. The predicted molar refractivity (Wildman–Crippen MR) is 137 cm³/mol. The van der Waals surface area contributed by atoms with Gasteiger partial charge in [0.15, 0.2) is 0 Å². The lowest BCUT2D eigenvalue weighted by Gasteiger charge is -2.28. The summed E-state index contributed by atoms with van der Waals surface area (Å²) in [6.45, 7) is 6.24. The van der Waals surface area contributed by atoms with Gasteiger partial charge in [-0.25, -0.2) is 0 Å². The van der Waals surface area contributed by atoms with Crippen LogP contribution in [0.2, 0.25) is 0 Å². The second kappa shape index (κ2) is 6.64. The molecule has 2 aromatic heterocycles. The molecule has 4 aromatic carbocycles. The van der Waals surface area contributed by atoms with Gasteiger partial charge in [0.1, 0.15) is 5.60 Å². The molecule has 0 aliphatic heterocycles. The van der Waals surface area contributed by atoms with Crippen molar-refractivity contribution < 1.29 is 5.11 Å². The molecule has 0 aliphatic carbocycles. The molecule has 31 heavy (non-hydrogen) atoms. The fourth-order valence-corrected chi connectivity index (χ4v) is 7.46. The van der Waals surface area contributed by atoms with Gasteiger partial charge in [-0.1, -0.05) is 60.7 Å². The molecule has 1 N–H and O–H groups in total. The molecule has 0 spiro atoms. The third-order valence-corrected chi connectivity index (χ3v) is 9.25. The van der Waals surface area contributed by atoms with E-state index in [9.17, 15) is 5.11 Å². The Hall–Kier alpha value is -2.72. The summed E-state index contributed by atoms with van der Waals surface area (Å²) in [7, 11) is 0. The van der Waals surface area contributed by atoms with Crippen molar-refractivity contribution in [2.75, 3.05) is 0 Å². The minimum absolute atomic E-state index is 0.982. The Balaban J connectivity index is 1.59. The zero-order valence-electron chi connectivity index (χ0n) is 17.7. The van der Waals surface area contributed by atoms with Crippen LogP contribution in [0.5, 0.6) is 0 Å². The average Bonchev–Trinajstić information content (AvgIpc) is 3.34. The number of thiophene rings is 2. The van der Waals surface area contributed by atoms with E-state index < -0.39 is 5.60 Å². The van der Waals surface area contributed by atoms with Crippen LogP contribution in [0.1, 0.15) is 29.2 Å². The maximum absolute atomic E-state index is 11.9. The summed E-state index contributed by atoms with van der Waals surface area (Å²) in [5.74, 6) is 0. The molecule has 0 unspecified atom stereocenters. The van der Waals surface area contributed by atoms with E-state index in [2.05, 4.69) is 86.6 Å². The Morgan fingerprint density at radius 1 is 0.581 bits per heavy atom. The van der Waals surface area contributed by atoms with Crippen LogP contribution >= 0.6 is 22.7 Å². The first-order valence-electron chi connectivity index (χ1n) is 10.5. The van der Waals surface area contributed by atoms with Gasteiger partial charge in [-0.3, -0.25) is 0 Å². The summed E-state index contributed by atoms with van der Waals surface area (Å²) in [6.07, 6.45) is 0. The van der Waals surface area contributed by atoms with Gasteiger partial charge < -0.3 is 5.11 Å². The van der Waals surface area contributed by atoms with E-state index in [4.69, 9.17) is 0 Å². The van der Waals surface area contributed by atoms with Crippen molar-refractivity contribution in [1.82, 2.24) is 0 Å². The van der Waals surface area contributed by atoms with Crippen LogP contribution in [0.3, 0.4) is 0 Å². The molecule has 6 aromatic rings. The summed E-state index contributed by atoms with van der Waals surface area (Å²) in [5, 5.41) is 17.0. The summed E-state index contributed by atoms with van der Waals surface area (Å²) in [5.41, 5.74) is 3.23. The third-order valence-electron chi connectivity index (χ3n) is 6.64. The fourth-order valence-electron chi connectivity index (χ4n) is 5.05. The van der Waals surface area contributed by atoms with Crippen LogP contribution in [-0.2, 0) is 5.60 Å². The van der Waals surface area contributed by atoms with E-state index in [-0.39, 0.29) is 0 Å². The van der Waals surface area contributed by atoms with Gasteiger partial charge in [0.05, 0.1) is 0 Å². The van der Waals surface area contributed by atoms with E-state index in [0.29, 0.717) is 0 Å². The lowest BCUT2D eigenvalue weighted by atomic mass is 9.82. The van der Waals surface area contributed by atoms with Crippen molar-refractivity contribution in [2.45, 2.75) is 26.4 Å². The number of hydrogen-bond donors (Lipinski definition) is 1. The van der Waals surface area contributed by atoms with Crippen LogP contribution in [0.25, 0.3) is 40.3 Å². The highest BCUT2D eigenvalue weighted by Gasteiger charge is 2.31. The van der Waals surface area contributed by atoms with Gasteiger partial charge in [0.25, 0.3) is 0 Å². The maximum atomic E-state index is 11.9. The van der Waals surface area contributed by atoms with E-state index in [1.165, 1.54) is 51.5 Å². The van der Waals surface area contributed by atoms with E-state index in [0.717, 1.165) is 11.1 Å². The Morgan fingerprint density at radius 2 is 1.00 bits per heavy atom. The summed E-state index contributed by atoms with van der Waals surface area (Å²) < 4.78 is 5.11. The van der Waals surface area contributed by atoms with Crippen molar-refractivity contribution in [2.24, 2.45) is 0 Å². The topological polar surface area (TPSA) is 20.2 Å². The van der Waals surface area contributed by atoms with E-state index in [1.807, 2.05) is 29.6 Å². The molecular formula is C28H22OS2. The lowest BCUT2D eigenvalue weighted by molar-refractivity contribution is 0.101. The first kappa shape index (κ1) is 19.0. The SMILES string of the molecule is Cc1c(C(C)(O)c2ccc3c(sc4ccccc43)c2C)ccc2c1sc1ccccc12. The van der Waals surface area contributed by atoms with Crippen LogP contribution in [0.4, 0.5) is 0 Å². The largest absolute Gasteiger partial charge is 0.381 e. The molecule has 0 saturated heterocycles. The first-order valence-corrected chi connectivity index (χ1v) is 12.1. The van der Waals surface area contributed by atoms with Crippen LogP contribution in [0.15, 0.2) is 72.8 Å². The monoisotopic (exact) mass is 438 g/mol. The van der Waals surface area contributed by atoms with Gasteiger partial charge in [-0.05, 0) is 55.2 Å². The zero-order valence-corrected chi connectivity index (χ0v) is 19.3. The number of rotatable bonds is 2. The summed E-state index contributed by atoms with van der Waals surface area (Å²) in [4.78, 5) is 0. The minimum Gasteiger partial charge on any atom is -0.381 e. The second-order valence-corrected chi connectivity index (χ2v) is 10.6. The van der Waals surface area contributed by atoms with Crippen LogP contribution < -0.4 is 0 Å². The molecule has 0 saturated carbocycles. The Labute approximate surface area is 189 Å². The molecule has 1 nitrogen and oxygen atoms in total. The van der Waals surface area contributed by atoms with E-state index >= 15 is 0 Å². The number of aliphatic hydroxyl groups is 1. The first-order chi connectivity index (χ1) is 15.0. The van der Waals surface area contributed by atoms with Crippen LogP contribution in [0, 0.1) is 13.8 Å². The molecule has 0 aliphatic rings. The fraction of sp³-hybridized carbons (Fsp3) is 0.143. The minimum atomic E-state index is -1.07. The maximum Gasteiger partial charge on any atom is 0.112 e. The standard InChI is InChI=1S/C28H22OS2/c1-16-22(14-12-20-18-8-4-6-10-24(18)30-26(16)20)28(3,29)23-15-13-21-19-9-5-7-11-25(19)31-27(21)17(23)2/h4-15,29H,1-3H3. The molecule has 2 heterocycles. The number of aryl methyl sites for hydroxylation is 2. The van der Waals surface area contributed by atoms with Gasteiger partial charge in [0, 0.05) is 40.3 Å².